The third-order valence-corrected chi connectivity index (χ3v) is 6.93. The topological polar surface area (TPSA) is 73.8 Å². The molecule has 0 spiro atoms. The zero-order valence-corrected chi connectivity index (χ0v) is 16.8. The first-order chi connectivity index (χ1) is 12.0. The number of guanidine groups is 1. The maximum Gasteiger partial charge on any atom is 0.211 e. The van der Waals surface area contributed by atoms with E-state index >= 15 is 0 Å². The van der Waals surface area contributed by atoms with Crippen molar-refractivity contribution < 1.29 is 8.42 Å². The van der Waals surface area contributed by atoms with Crippen LogP contribution < -0.4 is 10.6 Å². The van der Waals surface area contributed by atoms with E-state index in [4.69, 9.17) is 0 Å². The Balaban J connectivity index is 1.54. The van der Waals surface area contributed by atoms with Gasteiger partial charge in [0, 0.05) is 33.2 Å². The average molecular weight is 373 g/mol. The van der Waals surface area contributed by atoms with Gasteiger partial charge in [0.25, 0.3) is 0 Å². The predicted molar refractivity (Wildman–Crippen MR) is 104 cm³/mol. The van der Waals surface area contributed by atoms with Crippen molar-refractivity contribution in [2.75, 3.05) is 39.5 Å². The fourth-order valence-electron chi connectivity index (χ4n) is 3.97. The molecule has 2 fully saturated rings. The molecule has 1 aliphatic carbocycles. The molecule has 2 aliphatic rings. The van der Waals surface area contributed by atoms with E-state index in [1.807, 2.05) is 0 Å². The lowest BCUT2D eigenvalue weighted by Crippen LogP contribution is -2.44. The molecule has 0 unspecified atom stereocenters. The van der Waals surface area contributed by atoms with Gasteiger partial charge in [0.15, 0.2) is 5.96 Å². The SMILES string of the molecule is CN=C(NCCCCC1CCCC1)NCC1CCN(S(C)(=O)=O)CC1. The molecule has 0 atom stereocenters. The molecule has 6 nitrogen and oxygen atoms in total. The number of sulfonamides is 1. The zero-order chi connectivity index (χ0) is 18.1. The molecule has 0 aromatic rings. The Bertz CT molecular complexity index is 507. The number of nitrogens with one attached hydrogen (secondary N) is 2. The normalized spacial score (nSPS) is 21.6. The van der Waals surface area contributed by atoms with Crippen molar-refractivity contribution in [3.05, 3.63) is 0 Å². The molecule has 7 heteroatoms. The minimum absolute atomic E-state index is 0.513. The first kappa shape index (κ1) is 20.5. The molecule has 0 aromatic carbocycles. The van der Waals surface area contributed by atoms with Gasteiger partial charge in [0.2, 0.25) is 10.0 Å². The minimum atomic E-state index is -3.03. The molecule has 2 rings (SSSR count). The summed E-state index contributed by atoms with van der Waals surface area (Å²) < 4.78 is 24.7. The van der Waals surface area contributed by atoms with Crippen LogP contribution in [0.25, 0.3) is 0 Å². The van der Waals surface area contributed by atoms with E-state index in [1.165, 1.54) is 51.2 Å². The number of hydrogen-bond acceptors (Lipinski definition) is 3. The van der Waals surface area contributed by atoms with Crippen LogP contribution in [0.5, 0.6) is 0 Å². The Labute approximate surface area is 153 Å². The summed E-state index contributed by atoms with van der Waals surface area (Å²) >= 11 is 0. The van der Waals surface area contributed by atoms with Crippen LogP contribution in [0.3, 0.4) is 0 Å². The van der Waals surface area contributed by atoms with Crippen molar-refractivity contribution in [2.24, 2.45) is 16.8 Å². The fraction of sp³-hybridized carbons (Fsp3) is 0.944. The average Bonchev–Trinajstić information content (AvgIpc) is 3.10. The van der Waals surface area contributed by atoms with Crippen LogP contribution in [0.2, 0.25) is 0 Å². The maximum atomic E-state index is 11.5. The Hall–Kier alpha value is -0.820. The highest BCUT2D eigenvalue weighted by Crippen LogP contribution is 2.28. The molecule has 0 radical (unpaired) electrons. The Kier molecular flexibility index (Phi) is 8.49. The monoisotopic (exact) mass is 372 g/mol. The smallest absolute Gasteiger partial charge is 0.211 e. The fourth-order valence-corrected chi connectivity index (χ4v) is 4.84. The van der Waals surface area contributed by atoms with Gasteiger partial charge in [0.05, 0.1) is 6.26 Å². The van der Waals surface area contributed by atoms with Gasteiger partial charge in [-0.15, -0.1) is 0 Å². The molecule has 1 saturated carbocycles. The molecule has 1 aliphatic heterocycles. The second-order valence-corrected chi connectivity index (χ2v) is 9.61. The summed E-state index contributed by atoms with van der Waals surface area (Å²) in [6.45, 7) is 3.11. The van der Waals surface area contributed by atoms with Crippen molar-refractivity contribution in [3.8, 4) is 0 Å². The van der Waals surface area contributed by atoms with E-state index in [0.29, 0.717) is 19.0 Å². The van der Waals surface area contributed by atoms with Crippen LogP contribution in [-0.2, 0) is 10.0 Å². The second-order valence-electron chi connectivity index (χ2n) is 7.63. The minimum Gasteiger partial charge on any atom is -0.356 e. The van der Waals surface area contributed by atoms with Gasteiger partial charge >= 0.3 is 0 Å². The van der Waals surface area contributed by atoms with Crippen LogP contribution in [-0.4, -0.2) is 58.2 Å². The number of unbranched alkanes of at least 4 members (excludes halogenated alkanes) is 1. The second kappa shape index (κ2) is 10.4. The van der Waals surface area contributed by atoms with Crippen molar-refractivity contribution in [3.63, 3.8) is 0 Å². The lowest BCUT2D eigenvalue weighted by molar-refractivity contribution is 0.275. The molecular weight excluding hydrogens is 336 g/mol. The third-order valence-electron chi connectivity index (χ3n) is 5.63. The summed E-state index contributed by atoms with van der Waals surface area (Å²) in [5.41, 5.74) is 0. The summed E-state index contributed by atoms with van der Waals surface area (Å²) in [5, 5.41) is 6.80. The van der Waals surface area contributed by atoms with Gasteiger partial charge in [-0.2, -0.15) is 0 Å². The van der Waals surface area contributed by atoms with Gasteiger partial charge < -0.3 is 10.6 Å². The number of hydrogen-bond donors (Lipinski definition) is 2. The van der Waals surface area contributed by atoms with Crippen molar-refractivity contribution >= 4 is 16.0 Å². The molecular formula is C18H36N4O2S. The molecule has 0 bridgehead atoms. The number of rotatable bonds is 8. The number of aliphatic imine (C=N–C) groups is 1. The number of nitrogens with zero attached hydrogens (tertiary/aromatic N) is 2. The third kappa shape index (κ3) is 7.52. The molecule has 1 heterocycles. The van der Waals surface area contributed by atoms with Crippen molar-refractivity contribution in [1.29, 1.82) is 0 Å². The maximum absolute atomic E-state index is 11.5. The summed E-state index contributed by atoms with van der Waals surface area (Å²) in [7, 11) is -1.23. The first-order valence-corrected chi connectivity index (χ1v) is 11.7. The summed E-state index contributed by atoms with van der Waals surface area (Å²) in [4.78, 5) is 4.29. The summed E-state index contributed by atoms with van der Waals surface area (Å²) in [5.74, 6) is 2.36. The lowest BCUT2D eigenvalue weighted by atomic mass is 9.98. The van der Waals surface area contributed by atoms with Crippen LogP contribution in [0.4, 0.5) is 0 Å². The van der Waals surface area contributed by atoms with E-state index in [1.54, 1.807) is 11.4 Å². The van der Waals surface area contributed by atoms with Gasteiger partial charge in [-0.1, -0.05) is 38.5 Å². The van der Waals surface area contributed by atoms with Crippen molar-refractivity contribution in [1.82, 2.24) is 14.9 Å². The summed E-state index contributed by atoms with van der Waals surface area (Å²) in [6, 6.07) is 0. The predicted octanol–water partition coefficient (Wildman–Crippen LogP) is 2.18. The molecule has 0 amide bonds. The lowest BCUT2D eigenvalue weighted by Gasteiger charge is -2.30. The van der Waals surface area contributed by atoms with E-state index < -0.39 is 10.0 Å². The van der Waals surface area contributed by atoms with Crippen LogP contribution in [0.1, 0.15) is 57.8 Å². The van der Waals surface area contributed by atoms with Gasteiger partial charge in [0.1, 0.15) is 0 Å². The van der Waals surface area contributed by atoms with Crippen molar-refractivity contribution in [2.45, 2.75) is 57.8 Å². The Morgan fingerprint density at radius 2 is 1.72 bits per heavy atom. The highest BCUT2D eigenvalue weighted by Gasteiger charge is 2.24. The largest absolute Gasteiger partial charge is 0.356 e. The van der Waals surface area contributed by atoms with E-state index in [9.17, 15) is 8.42 Å². The quantitative estimate of drug-likeness (QED) is 0.389. The number of piperidine rings is 1. The standard InChI is InChI=1S/C18H36N4O2S/c1-19-18(20-12-6-5-9-16-7-3-4-8-16)21-15-17-10-13-22(14-11-17)25(2,23)24/h16-17H,3-15H2,1-2H3,(H2,19,20,21). The molecule has 2 N–H and O–H groups in total. The first-order valence-electron chi connectivity index (χ1n) is 9.88. The van der Waals surface area contributed by atoms with Crippen LogP contribution in [0.15, 0.2) is 4.99 Å². The summed E-state index contributed by atoms with van der Waals surface area (Å²) in [6.07, 6.45) is 12.8. The molecule has 25 heavy (non-hydrogen) atoms. The highest BCUT2D eigenvalue weighted by atomic mass is 32.2. The van der Waals surface area contributed by atoms with E-state index in [-0.39, 0.29) is 0 Å². The van der Waals surface area contributed by atoms with Gasteiger partial charge in [-0.25, -0.2) is 12.7 Å². The van der Waals surface area contributed by atoms with E-state index in [2.05, 4.69) is 15.6 Å². The van der Waals surface area contributed by atoms with Crippen LogP contribution in [0, 0.1) is 11.8 Å². The Morgan fingerprint density at radius 3 is 2.32 bits per heavy atom. The Morgan fingerprint density at radius 1 is 1.04 bits per heavy atom. The van der Waals surface area contributed by atoms with Gasteiger partial charge in [-0.3, -0.25) is 4.99 Å². The highest BCUT2D eigenvalue weighted by molar-refractivity contribution is 7.88. The molecule has 146 valence electrons. The zero-order valence-electron chi connectivity index (χ0n) is 16.0. The molecule has 0 aromatic heterocycles. The van der Waals surface area contributed by atoms with E-state index in [0.717, 1.165) is 37.8 Å². The van der Waals surface area contributed by atoms with Gasteiger partial charge in [-0.05, 0) is 31.1 Å². The van der Waals surface area contributed by atoms with Crippen LogP contribution >= 0.6 is 0 Å². The molecule has 1 saturated heterocycles.